The van der Waals surface area contributed by atoms with Crippen molar-refractivity contribution in [1.82, 2.24) is 9.97 Å². The van der Waals surface area contributed by atoms with Gasteiger partial charge in [0.1, 0.15) is 24.1 Å². The summed E-state index contributed by atoms with van der Waals surface area (Å²) in [5.74, 6) is 1.27. The monoisotopic (exact) mass is 509 g/mol. The van der Waals surface area contributed by atoms with Crippen molar-refractivity contribution in [3.63, 3.8) is 0 Å². The molecule has 1 fully saturated rings. The van der Waals surface area contributed by atoms with Gasteiger partial charge in [0.2, 0.25) is 0 Å². The van der Waals surface area contributed by atoms with Gasteiger partial charge in [0.15, 0.2) is 16.5 Å². The molecular formula is C22H22BrClFN3O3. The predicted octanol–water partition coefficient (Wildman–Crippen LogP) is 6.23. The van der Waals surface area contributed by atoms with Crippen LogP contribution in [-0.4, -0.2) is 34.3 Å². The quantitative estimate of drug-likeness (QED) is 0.362. The smallest absolute Gasteiger partial charge is 0.165 e. The first-order chi connectivity index (χ1) is 15.0. The molecule has 3 aromatic rings. The Morgan fingerprint density at radius 1 is 1.29 bits per heavy atom. The molecule has 0 amide bonds. The van der Waals surface area contributed by atoms with Crippen molar-refractivity contribution >= 4 is 49.9 Å². The summed E-state index contributed by atoms with van der Waals surface area (Å²) in [7, 11) is 0. The van der Waals surface area contributed by atoms with Gasteiger partial charge in [-0.05, 0) is 46.6 Å². The molecule has 0 radical (unpaired) electrons. The van der Waals surface area contributed by atoms with Crippen LogP contribution >= 0.6 is 27.5 Å². The summed E-state index contributed by atoms with van der Waals surface area (Å²) in [6.45, 7) is 3.30. The van der Waals surface area contributed by atoms with E-state index in [9.17, 15) is 4.39 Å². The lowest BCUT2D eigenvalue weighted by Gasteiger charge is -2.20. The van der Waals surface area contributed by atoms with Crippen molar-refractivity contribution in [2.75, 3.05) is 18.5 Å². The lowest BCUT2D eigenvalue weighted by molar-refractivity contribution is 0.137. The van der Waals surface area contributed by atoms with Crippen LogP contribution in [0.3, 0.4) is 0 Å². The number of hydrogen-bond acceptors (Lipinski definition) is 6. The van der Waals surface area contributed by atoms with Crippen molar-refractivity contribution in [2.45, 2.75) is 37.3 Å². The summed E-state index contributed by atoms with van der Waals surface area (Å²) in [4.78, 5) is 8.75. The fourth-order valence-electron chi connectivity index (χ4n) is 3.27. The van der Waals surface area contributed by atoms with E-state index in [4.69, 9.17) is 25.8 Å². The molecule has 1 aliphatic rings. The number of nitrogens with zero attached hydrogens (tertiary/aromatic N) is 2. The van der Waals surface area contributed by atoms with E-state index in [0.29, 0.717) is 41.7 Å². The SMILES string of the molecule is CCCC(Br)Oc1cc2ncnc(Nc3ccc(F)c(Cl)c3)c2cc1OC1CCOC1. The van der Waals surface area contributed by atoms with Gasteiger partial charge in [-0.2, -0.15) is 0 Å². The molecule has 4 rings (SSSR count). The molecular weight excluding hydrogens is 489 g/mol. The molecule has 0 saturated carbocycles. The first-order valence-electron chi connectivity index (χ1n) is 10.1. The average Bonchev–Trinajstić information content (AvgIpc) is 3.25. The highest BCUT2D eigenvalue weighted by atomic mass is 79.9. The Bertz CT molecular complexity index is 1070. The molecule has 164 valence electrons. The molecule has 31 heavy (non-hydrogen) atoms. The Morgan fingerprint density at radius 3 is 2.90 bits per heavy atom. The van der Waals surface area contributed by atoms with Crippen LogP contribution in [-0.2, 0) is 4.74 Å². The third-order valence-electron chi connectivity index (χ3n) is 4.84. The normalized spacial score (nSPS) is 17.0. The zero-order valence-electron chi connectivity index (χ0n) is 16.9. The topological polar surface area (TPSA) is 65.5 Å². The second kappa shape index (κ2) is 9.97. The number of halogens is 3. The minimum atomic E-state index is -0.479. The molecule has 0 spiro atoms. The summed E-state index contributed by atoms with van der Waals surface area (Å²) >= 11 is 9.48. The molecule has 1 saturated heterocycles. The first kappa shape index (κ1) is 22.0. The van der Waals surface area contributed by atoms with Gasteiger partial charge in [-0.1, -0.05) is 24.9 Å². The molecule has 1 aliphatic heterocycles. The van der Waals surface area contributed by atoms with Crippen LogP contribution in [0.2, 0.25) is 5.02 Å². The number of fused-ring (bicyclic) bond motifs is 1. The molecule has 2 atom stereocenters. The number of anilines is 2. The molecule has 6 nitrogen and oxygen atoms in total. The van der Waals surface area contributed by atoms with Gasteiger partial charge in [0.25, 0.3) is 0 Å². The minimum absolute atomic E-state index is 0.0311. The maximum absolute atomic E-state index is 13.5. The third-order valence-corrected chi connectivity index (χ3v) is 5.77. The van der Waals surface area contributed by atoms with E-state index in [1.165, 1.54) is 18.5 Å². The highest BCUT2D eigenvalue weighted by molar-refractivity contribution is 9.09. The number of nitrogens with one attached hydrogen (secondary N) is 1. The third kappa shape index (κ3) is 5.37. The molecule has 2 aromatic carbocycles. The largest absolute Gasteiger partial charge is 0.484 e. The Kier molecular flexibility index (Phi) is 7.09. The van der Waals surface area contributed by atoms with Crippen LogP contribution in [0, 0.1) is 5.82 Å². The molecule has 1 aromatic heterocycles. The predicted molar refractivity (Wildman–Crippen MR) is 122 cm³/mol. The molecule has 2 heterocycles. The van der Waals surface area contributed by atoms with Gasteiger partial charge >= 0.3 is 0 Å². The molecule has 0 aliphatic carbocycles. The van der Waals surface area contributed by atoms with Gasteiger partial charge in [-0.25, -0.2) is 14.4 Å². The second-order valence-electron chi connectivity index (χ2n) is 7.21. The maximum atomic E-state index is 13.5. The van der Waals surface area contributed by atoms with Crippen LogP contribution in [0.5, 0.6) is 11.5 Å². The van der Waals surface area contributed by atoms with Gasteiger partial charge in [0, 0.05) is 23.6 Å². The molecule has 0 bridgehead atoms. The van der Waals surface area contributed by atoms with Crippen LogP contribution in [0.25, 0.3) is 10.9 Å². The van der Waals surface area contributed by atoms with Crippen molar-refractivity contribution in [3.05, 3.63) is 47.5 Å². The average molecular weight is 511 g/mol. The second-order valence-corrected chi connectivity index (χ2v) is 8.64. The lowest BCUT2D eigenvalue weighted by Crippen LogP contribution is -2.17. The Balaban J connectivity index is 1.71. The summed E-state index contributed by atoms with van der Waals surface area (Å²) in [6, 6.07) is 8.12. The van der Waals surface area contributed by atoms with Gasteiger partial charge in [-0.15, -0.1) is 0 Å². The Labute approximate surface area is 193 Å². The maximum Gasteiger partial charge on any atom is 0.165 e. The number of benzene rings is 2. The van der Waals surface area contributed by atoms with Crippen molar-refractivity contribution < 1.29 is 18.6 Å². The number of alkyl halides is 1. The summed E-state index contributed by atoms with van der Waals surface area (Å²) in [5.41, 5.74) is 1.30. The molecule has 2 unspecified atom stereocenters. The Hall–Kier alpha value is -2.16. The number of hydrogen-bond donors (Lipinski definition) is 1. The van der Waals surface area contributed by atoms with Crippen molar-refractivity contribution in [1.29, 1.82) is 0 Å². The minimum Gasteiger partial charge on any atom is -0.484 e. The zero-order chi connectivity index (χ0) is 21.8. The summed E-state index contributed by atoms with van der Waals surface area (Å²) in [5, 5.41) is 3.82. The van der Waals surface area contributed by atoms with Crippen LogP contribution in [0.15, 0.2) is 36.7 Å². The summed E-state index contributed by atoms with van der Waals surface area (Å²) in [6.07, 6.45) is 4.06. The molecule has 9 heteroatoms. The van der Waals surface area contributed by atoms with E-state index in [0.717, 1.165) is 24.6 Å². The van der Waals surface area contributed by atoms with E-state index in [1.54, 1.807) is 6.07 Å². The summed E-state index contributed by atoms with van der Waals surface area (Å²) < 4.78 is 31.3. The van der Waals surface area contributed by atoms with Gasteiger partial charge in [-0.3, -0.25) is 0 Å². The molecule has 1 N–H and O–H groups in total. The highest BCUT2D eigenvalue weighted by Crippen LogP contribution is 2.37. The van der Waals surface area contributed by atoms with Crippen LogP contribution in [0.1, 0.15) is 26.2 Å². The van der Waals surface area contributed by atoms with E-state index in [-0.39, 0.29) is 16.1 Å². The van der Waals surface area contributed by atoms with Gasteiger partial charge in [0.05, 0.1) is 23.8 Å². The number of rotatable bonds is 8. The van der Waals surface area contributed by atoms with E-state index in [2.05, 4.69) is 38.1 Å². The van der Waals surface area contributed by atoms with Crippen LogP contribution < -0.4 is 14.8 Å². The highest BCUT2D eigenvalue weighted by Gasteiger charge is 2.22. The zero-order valence-corrected chi connectivity index (χ0v) is 19.2. The van der Waals surface area contributed by atoms with E-state index < -0.39 is 5.82 Å². The fraction of sp³-hybridized carbons (Fsp3) is 0.364. The first-order valence-corrected chi connectivity index (χ1v) is 11.4. The fourth-order valence-corrected chi connectivity index (χ4v) is 4.11. The van der Waals surface area contributed by atoms with E-state index >= 15 is 0 Å². The van der Waals surface area contributed by atoms with Gasteiger partial charge < -0.3 is 19.5 Å². The van der Waals surface area contributed by atoms with Crippen molar-refractivity contribution in [2.24, 2.45) is 0 Å². The number of aromatic nitrogens is 2. The van der Waals surface area contributed by atoms with Crippen molar-refractivity contribution in [3.8, 4) is 11.5 Å². The Morgan fingerprint density at radius 2 is 2.16 bits per heavy atom. The lowest BCUT2D eigenvalue weighted by atomic mass is 10.2. The standard InChI is InChI=1S/C22H22BrClFN3O3/c1-2-3-21(23)31-20-10-18-15(9-19(20)30-14-6-7-29-11-14)22(27-12-26-18)28-13-4-5-17(25)16(24)8-13/h4-5,8-10,12,14,21H,2-3,6-7,11H2,1H3,(H,26,27,28). The van der Waals surface area contributed by atoms with Crippen LogP contribution in [0.4, 0.5) is 15.9 Å². The number of ether oxygens (including phenoxy) is 3. The van der Waals surface area contributed by atoms with E-state index in [1.807, 2.05) is 12.1 Å².